The predicted molar refractivity (Wildman–Crippen MR) is 119 cm³/mol. The lowest BCUT2D eigenvalue weighted by molar-refractivity contribution is 0.460. The van der Waals surface area contributed by atoms with E-state index in [4.69, 9.17) is 4.74 Å². The third kappa shape index (κ3) is 6.97. The Morgan fingerprint density at radius 3 is 2.66 bits per heavy atom. The van der Waals surface area contributed by atoms with E-state index in [1.807, 2.05) is 20.0 Å². The molecule has 0 fully saturated rings. The first-order chi connectivity index (χ1) is 13.6. The number of rotatable bonds is 7. The average molecular weight is 511 g/mol. The molecule has 2 aromatic heterocycles. The molecule has 154 valence electrons. The normalized spacial score (nSPS) is 10.9. The summed E-state index contributed by atoms with van der Waals surface area (Å²) in [6.07, 6.45) is 3.17. The summed E-state index contributed by atoms with van der Waals surface area (Å²) in [5, 5.41) is 10.5. The Morgan fingerprint density at radius 2 is 1.97 bits per heavy atom. The minimum Gasteiger partial charge on any atom is -0.439 e. The van der Waals surface area contributed by atoms with E-state index >= 15 is 0 Å². The highest BCUT2D eigenvalue weighted by Crippen LogP contribution is 2.20. The molecule has 0 unspecified atom stereocenters. The molecule has 3 rings (SSSR count). The summed E-state index contributed by atoms with van der Waals surface area (Å²) >= 11 is 0. The van der Waals surface area contributed by atoms with Crippen molar-refractivity contribution < 1.29 is 9.13 Å². The van der Waals surface area contributed by atoms with Gasteiger partial charge in [-0.2, -0.15) is 5.10 Å². The summed E-state index contributed by atoms with van der Waals surface area (Å²) in [5.41, 5.74) is 0.933. The Bertz CT molecular complexity index is 930. The van der Waals surface area contributed by atoms with E-state index < -0.39 is 0 Å². The summed E-state index contributed by atoms with van der Waals surface area (Å²) < 4.78 is 20.4. The van der Waals surface area contributed by atoms with E-state index in [-0.39, 0.29) is 29.8 Å². The van der Waals surface area contributed by atoms with Crippen LogP contribution in [0.1, 0.15) is 18.3 Å². The van der Waals surface area contributed by atoms with Crippen LogP contribution in [0.5, 0.6) is 11.6 Å². The summed E-state index contributed by atoms with van der Waals surface area (Å²) in [6.45, 7) is 3.69. The first kappa shape index (κ1) is 22.5. The second-order valence-corrected chi connectivity index (χ2v) is 5.91. The first-order valence-electron chi connectivity index (χ1n) is 8.87. The zero-order valence-corrected chi connectivity index (χ0v) is 18.5. The molecule has 0 saturated carbocycles. The first-order valence-corrected chi connectivity index (χ1v) is 8.87. The number of halogens is 2. The van der Waals surface area contributed by atoms with Crippen LogP contribution >= 0.6 is 24.0 Å². The van der Waals surface area contributed by atoms with Gasteiger partial charge in [0, 0.05) is 25.9 Å². The number of guanidine groups is 1. The van der Waals surface area contributed by atoms with Crippen molar-refractivity contribution in [3.05, 3.63) is 66.1 Å². The minimum absolute atomic E-state index is 0. The maximum Gasteiger partial charge on any atom is 0.219 e. The van der Waals surface area contributed by atoms with Gasteiger partial charge in [0.05, 0.1) is 13.1 Å². The van der Waals surface area contributed by atoms with Crippen LogP contribution in [0.15, 0.2) is 53.9 Å². The number of aliphatic imine (C=N–C) groups is 1. The van der Waals surface area contributed by atoms with Crippen LogP contribution in [0.4, 0.5) is 4.39 Å². The van der Waals surface area contributed by atoms with Crippen LogP contribution in [-0.4, -0.2) is 32.3 Å². The number of hydrogen-bond acceptors (Lipinski definition) is 5. The summed E-state index contributed by atoms with van der Waals surface area (Å²) in [5.74, 6) is 2.12. The molecule has 3 aromatic rings. The Kier molecular flexibility index (Phi) is 8.77. The minimum atomic E-state index is -0.312. The smallest absolute Gasteiger partial charge is 0.219 e. The molecule has 0 aliphatic rings. The lowest BCUT2D eigenvalue weighted by Crippen LogP contribution is -2.37. The second-order valence-electron chi connectivity index (χ2n) is 5.91. The van der Waals surface area contributed by atoms with Crippen molar-refractivity contribution in [2.24, 2.45) is 12.0 Å². The monoisotopic (exact) mass is 511 g/mol. The zero-order chi connectivity index (χ0) is 19.8. The van der Waals surface area contributed by atoms with Gasteiger partial charge in [0.15, 0.2) is 5.96 Å². The van der Waals surface area contributed by atoms with E-state index in [1.54, 1.807) is 29.1 Å². The van der Waals surface area contributed by atoms with Crippen LogP contribution < -0.4 is 15.4 Å². The van der Waals surface area contributed by atoms with Gasteiger partial charge >= 0.3 is 0 Å². The quantitative estimate of drug-likeness (QED) is 0.288. The van der Waals surface area contributed by atoms with E-state index in [9.17, 15) is 4.39 Å². The third-order valence-electron chi connectivity index (χ3n) is 3.82. The van der Waals surface area contributed by atoms with Gasteiger partial charge < -0.3 is 15.4 Å². The Balaban J connectivity index is 0.00000300. The van der Waals surface area contributed by atoms with Crippen LogP contribution in [0.2, 0.25) is 0 Å². The van der Waals surface area contributed by atoms with Crippen LogP contribution in [0.3, 0.4) is 0 Å². The van der Waals surface area contributed by atoms with Crippen molar-refractivity contribution in [2.75, 3.05) is 6.54 Å². The Labute approximate surface area is 185 Å². The molecule has 0 amide bonds. The molecule has 0 spiro atoms. The molecular weight excluding hydrogens is 488 g/mol. The highest BCUT2D eigenvalue weighted by Gasteiger charge is 2.04. The standard InChI is InChI=1S/C19H22FN7O.HI/c1-3-21-19(24-12-17-25-13-26-27(17)2)23-11-14-8-9-22-18(10-14)28-16-6-4-15(20)5-7-16;/h4-10,13H,3,11-12H2,1-2H3,(H2,21,23,24);1H. The number of benzene rings is 1. The number of hydrogen-bond donors (Lipinski definition) is 2. The van der Waals surface area contributed by atoms with Crippen molar-refractivity contribution in [1.29, 1.82) is 0 Å². The molecule has 0 aliphatic carbocycles. The SMILES string of the molecule is CCNC(=NCc1ccnc(Oc2ccc(F)cc2)c1)NCc1ncnn1C.I. The van der Waals surface area contributed by atoms with Crippen molar-refractivity contribution in [3.63, 3.8) is 0 Å². The molecule has 2 heterocycles. The fourth-order valence-corrected chi connectivity index (χ4v) is 2.38. The van der Waals surface area contributed by atoms with Gasteiger partial charge in [0.25, 0.3) is 0 Å². The molecule has 0 aliphatic heterocycles. The molecule has 29 heavy (non-hydrogen) atoms. The van der Waals surface area contributed by atoms with Gasteiger partial charge in [0.1, 0.15) is 23.7 Å². The number of nitrogens with zero attached hydrogens (tertiary/aromatic N) is 5. The Morgan fingerprint density at radius 1 is 1.17 bits per heavy atom. The van der Waals surface area contributed by atoms with E-state index in [1.165, 1.54) is 18.5 Å². The van der Waals surface area contributed by atoms with Gasteiger partial charge in [-0.15, -0.1) is 24.0 Å². The van der Waals surface area contributed by atoms with Crippen molar-refractivity contribution in [2.45, 2.75) is 20.0 Å². The molecule has 8 nitrogen and oxygen atoms in total. The summed E-state index contributed by atoms with van der Waals surface area (Å²) in [7, 11) is 1.84. The zero-order valence-electron chi connectivity index (χ0n) is 16.2. The molecule has 0 atom stereocenters. The number of ether oxygens (including phenoxy) is 1. The summed E-state index contributed by atoms with van der Waals surface area (Å²) in [6, 6.07) is 9.47. The van der Waals surface area contributed by atoms with Crippen molar-refractivity contribution >= 4 is 29.9 Å². The van der Waals surface area contributed by atoms with Crippen molar-refractivity contribution in [3.8, 4) is 11.6 Å². The lowest BCUT2D eigenvalue weighted by atomic mass is 10.2. The topological polar surface area (TPSA) is 89.2 Å². The third-order valence-corrected chi connectivity index (χ3v) is 3.82. The molecular formula is C19H23FIN7O. The van der Waals surface area contributed by atoms with Gasteiger partial charge in [-0.3, -0.25) is 4.68 Å². The van der Waals surface area contributed by atoms with Gasteiger partial charge in [-0.05, 0) is 42.8 Å². The van der Waals surface area contributed by atoms with Gasteiger partial charge in [-0.1, -0.05) is 0 Å². The fourth-order valence-electron chi connectivity index (χ4n) is 2.38. The highest BCUT2D eigenvalue weighted by molar-refractivity contribution is 14.0. The molecule has 10 heteroatoms. The van der Waals surface area contributed by atoms with Crippen molar-refractivity contribution in [1.82, 2.24) is 30.4 Å². The molecule has 0 saturated heterocycles. The number of aromatic nitrogens is 4. The molecule has 0 bridgehead atoms. The van der Waals surface area contributed by atoms with Crippen LogP contribution in [0.25, 0.3) is 0 Å². The van der Waals surface area contributed by atoms with E-state index in [2.05, 4.69) is 30.7 Å². The predicted octanol–water partition coefficient (Wildman–Crippen LogP) is 3.01. The van der Waals surface area contributed by atoms with Crippen LogP contribution in [0, 0.1) is 5.82 Å². The highest BCUT2D eigenvalue weighted by atomic mass is 127. The lowest BCUT2D eigenvalue weighted by Gasteiger charge is -2.11. The number of nitrogens with one attached hydrogen (secondary N) is 2. The molecule has 1 aromatic carbocycles. The fraction of sp³-hybridized carbons (Fsp3) is 0.263. The van der Waals surface area contributed by atoms with E-state index in [0.29, 0.717) is 30.7 Å². The summed E-state index contributed by atoms with van der Waals surface area (Å²) in [4.78, 5) is 12.9. The molecule has 0 radical (unpaired) electrons. The van der Waals surface area contributed by atoms with E-state index in [0.717, 1.165) is 17.9 Å². The maximum atomic E-state index is 13.0. The largest absolute Gasteiger partial charge is 0.439 e. The maximum absolute atomic E-state index is 13.0. The average Bonchev–Trinajstić information content (AvgIpc) is 3.11. The second kappa shape index (κ2) is 11.3. The van der Waals surface area contributed by atoms with Gasteiger partial charge in [0.2, 0.25) is 5.88 Å². The molecule has 2 N–H and O–H groups in total. The Hall–Kier alpha value is -2.76. The number of pyridine rings is 1. The van der Waals surface area contributed by atoms with Gasteiger partial charge in [-0.25, -0.2) is 19.4 Å². The van der Waals surface area contributed by atoms with Crippen LogP contribution in [-0.2, 0) is 20.1 Å². The number of aryl methyl sites for hydroxylation is 1.